The number of rotatable bonds is 4. The monoisotopic (exact) mass is 540 g/mol. The van der Waals surface area contributed by atoms with E-state index in [1.165, 1.54) is 0 Å². The van der Waals surface area contributed by atoms with E-state index in [9.17, 15) is 34.8 Å². The molecule has 5 rings (SSSR count). The Hall–Kier alpha value is -3.41. The molecule has 5 atom stereocenters. The van der Waals surface area contributed by atoms with Crippen molar-refractivity contribution in [2.45, 2.75) is 43.9 Å². The van der Waals surface area contributed by atoms with Crippen molar-refractivity contribution in [2.75, 3.05) is 46.2 Å². The van der Waals surface area contributed by atoms with Crippen molar-refractivity contribution in [1.29, 1.82) is 0 Å². The van der Waals surface area contributed by atoms with Crippen molar-refractivity contribution in [3.63, 3.8) is 0 Å². The predicted octanol–water partition coefficient (Wildman–Crippen LogP) is 0.953. The lowest BCUT2D eigenvalue weighted by atomic mass is 9.58. The molecule has 0 saturated heterocycles. The summed E-state index contributed by atoms with van der Waals surface area (Å²) < 4.78 is 0. The number of ketones is 2. The average Bonchev–Trinajstić information content (AvgIpc) is 2.85. The Morgan fingerprint density at radius 2 is 1.87 bits per heavy atom. The van der Waals surface area contributed by atoms with Gasteiger partial charge in [-0.15, -0.1) is 0 Å². The normalized spacial score (nSPS) is 30.4. The Balaban J connectivity index is 1.72. The highest BCUT2D eigenvalue weighted by Gasteiger charge is 2.63. The Kier molecular flexibility index (Phi) is 6.32. The number of aliphatic hydroxyl groups is 3. The maximum Gasteiger partial charge on any atom is 0.255 e. The summed E-state index contributed by atoms with van der Waals surface area (Å²) in [7, 11) is 7.19. The number of hydrogen-bond acceptors (Lipinski definition) is 10. The molecule has 1 heterocycles. The first-order valence-corrected chi connectivity index (χ1v) is 13.2. The number of aliphatic hydroxyl groups excluding tert-OH is 2. The lowest BCUT2D eigenvalue weighted by Gasteiger charge is -2.50. The molecular formula is C28H36N4O7. The molecular weight excluding hydrogens is 504 g/mol. The number of primary amides is 1. The van der Waals surface area contributed by atoms with Gasteiger partial charge in [0.2, 0.25) is 5.78 Å². The molecule has 6 N–H and O–H groups in total. The summed E-state index contributed by atoms with van der Waals surface area (Å²) in [6.07, 6.45) is 1.20. The van der Waals surface area contributed by atoms with Crippen molar-refractivity contribution in [3.8, 4) is 5.75 Å². The molecule has 3 aliphatic carbocycles. The summed E-state index contributed by atoms with van der Waals surface area (Å²) >= 11 is 0. The van der Waals surface area contributed by atoms with Crippen LogP contribution in [0.4, 0.5) is 5.69 Å². The molecule has 1 aromatic carbocycles. The summed E-state index contributed by atoms with van der Waals surface area (Å²) in [6, 6.07) is 0.646. The molecule has 0 saturated carbocycles. The summed E-state index contributed by atoms with van der Waals surface area (Å²) in [5, 5.41) is 45.2. The van der Waals surface area contributed by atoms with Crippen LogP contribution < -0.4 is 10.6 Å². The molecule has 11 nitrogen and oxygen atoms in total. The van der Waals surface area contributed by atoms with Gasteiger partial charge >= 0.3 is 0 Å². The quantitative estimate of drug-likeness (QED) is 0.347. The third-order valence-corrected chi connectivity index (χ3v) is 9.23. The van der Waals surface area contributed by atoms with Gasteiger partial charge in [-0.25, -0.2) is 0 Å². The molecule has 11 heteroatoms. The number of phenolic OH excluding ortho intramolecular Hbond substituents is 1. The van der Waals surface area contributed by atoms with Crippen molar-refractivity contribution >= 4 is 23.2 Å². The van der Waals surface area contributed by atoms with Crippen LogP contribution in [-0.4, -0.2) is 101 Å². The Morgan fingerprint density at radius 3 is 2.46 bits per heavy atom. The standard InChI is InChI=1S/C28H36N4O7/c1-6-31(4)16-7-8-32(5)21-13(16)11-17(33)19-14(21)9-12-10-15-22(30(2)3)24(35)20(27(29)38)26(37)28(15,39)25(36)18(12)23(19)34/h11-12,15-16,22,33,35-36,39H,6-10H2,1-5H3,(H2,29,38)/t12-,15-,16?,22-,28+/m1/s1. The number of nitrogens with zero attached hydrogens (tertiary/aromatic N) is 3. The molecule has 1 amide bonds. The minimum atomic E-state index is -2.64. The van der Waals surface area contributed by atoms with Crippen LogP contribution in [0, 0.1) is 11.8 Å². The van der Waals surface area contributed by atoms with Crippen LogP contribution in [0.25, 0.3) is 0 Å². The Bertz CT molecular complexity index is 1370. The van der Waals surface area contributed by atoms with E-state index in [0.717, 1.165) is 30.8 Å². The number of Topliss-reactive ketones (excluding diaryl/α,β-unsaturated/α-hetero) is 2. The number of benzene rings is 1. The van der Waals surface area contributed by atoms with Gasteiger partial charge < -0.3 is 31.1 Å². The number of allylic oxidation sites excluding steroid dienone is 1. The number of likely N-dealkylation sites (N-methyl/N-ethyl adjacent to an activating group) is 1. The maximum atomic E-state index is 14.0. The molecule has 210 valence electrons. The zero-order valence-electron chi connectivity index (χ0n) is 22.9. The molecule has 1 unspecified atom stereocenters. The minimum Gasteiger partial charge on any atom is -0.510 e. The highest BCUT2D eigenvalue weighted by molar-refractivity contribution is 6.24. The smallest absolute Gasteiger partial charge is 0.255 e. The molecule has 1 aliphatic heterocycles. The number of carbonyl (C=O) groups is 3. The van der Waals surface area contributed by atoms with Gasteiger partial charge in [0.1, 0.15) is 22.8 Å². The van der Waals surface area contributed by atoms with E-state index in [1.54, 1.807) is 25.1 Å². The third kappa shape index (κ3) is 3.56. The van der Waals surface area contributed by atoms with E-state index in [4.69, 9.17) is 5.73 Å². The van der Waals surface area contributed by atoms with Crippen LogP contribution in [0.2, 0.25) is 0 Å². The van der Waals surface area contributed by atoms with E-state index in [-0.39, 0.29) is 35.8 Å². The highest BCUT2D eigenvalue weighted by Crippen LogP contribution is 2.54. The summed E-state index contributed by atoms with van der Waals surface area (Å²) in [5.41, 5.74) is 4.29. The van der Waals surface area contributed by atoms with Crippen LogP contribution in [0.5, 0.6) is 5.75 Å². The maximum absolute atomic E-state index is 14.0. The van der Waals surface area contributed by atoms with Crippen molar-refractivity contribution in [1.82, 2.24) is 9.80 Å². The van der Waals surface area contributed by atoms with Gasteiger partial charge in [0, 0.05) is 36.8 Å². The minimum absolute atomic E-state index is 0.0428. The van der Waals surface area contributed by atoms with E-state index >= 15 is 0 Å². The fourth-order valence-corrected chi connectivity index (χ4v) is 7.30. The number of phenols is 1. The summed E-state index contributed by atoms with van der Waals surface area (Å²) in [4.78, 5) is 45.3. The van der Waals surface area contributed by atoms with Gasteiger partial charge in [0.15, 0.2) is 11.4 Å². The first-order valence-electron chi connectivity index (χ1n) is 13.2. The molecule has 0 bridgehead atoms. The van der Waals surface area contributed by atoms with Crippen LogP contribution in [0.15, 0.2) is 28.7 Å². The number of fused-ring (bicyclic) bond motifs is 5. The summed E-state index contributed by atoms with van der Waals surface area (Å²) in [5.74, 6) is -6.44. The Labute approximate surface area is 226 Å². The van der Waals surface area contributed by atoms with Gasteiger partial charge in [-0.3, -0.25) is 24.2 Å². The average molecular weight is 541 g/mol. The second kappa shape index (κ2) is 9.07. The van der Waals surface area contributed by atoms with Gasteiger partial charge in [-0.2, -0.15) is 0 Å². The van der Waals surface area contributed by atoms with E-state index < -0.39 is 58.0 Å². The molecule has 0 fully saturated rings. The number of anilines is 1. The van der Waals surface area contributed by atoms with Gasteiger partial charge in [0.05, 0.1) is 11.6 Å². The van der Waals surface area contributed by atoms with Crippen LogP contribution in [0.3, 0.4) is 0 Å². The van der Waals surface area contributed by atoms with Crippen molar-refractivity contribution in [2.24, 2.45) is 17.6 Å². The van der Waals surface area contributed by atoms with Crippen molar-refractivity contribution in [3.05, 3.63) is 45.4 Å². The first-order chi connectivity index (χ1) is 18.3. The molecule has 4 aliphatic rings. The third-order valence-electron chi connectivity index (χ3n) is 9.23. The number of hydrogen-bond donors (Lipinski definition) is 5. The SMILES string of the molecule is CCN(C)C1CCN(C)c2c1cc(O)c1c2C[C@@H]2C[C@@H]3[C@@H](N(C)C)C(O)=C(C(N)=O)C(=O)[C@@]3(O)C(O)=C2C1=O. The molecule has 0 aromatic heterocycles. The van der Waals surface area contributed by atoms with E-state index in [0.29, 0.717) is 5.56 Å². The van der Waals surface area contributed by atoms with Crippen LogP contribution in [0.1, 0.15) is 47.3 Å². The molecule has 0 spiro atoms. The van der Waals surface area contributed by atoms with Gasteiger partial charge in [-0.05, 0) is 70.1 Å². The molecule has 39 heavy (non-hydrogen) atoms. The number of aromatic hydroxyl groups is 1. The molecule has 1 aromatic rings. The fourth-order valence-electron chi connectivity index (χ4n) is 7.30. The lowest BCUT2D eigenvalue weighted by Crippen LogP contribution is -2.63. The largest absolute Gasteiger partial charge is 0.510 e. The zero-order valence-corrected chi connectivity index (χ0v) is 22.9. The number of amides is 1. The fraction of sp³-hybridized carbons (Fsp3) is 0.536. The topological polar surface area (TPSA) is 168 Å². The van der Waals surface area contributed by atoms with E-state index in [2.05, 4.69) is 16.7 Å². The number of carbonyl (C=O) groups excluding carboxylic acids is 3. The van der Waals surface area contributed by atoms with Crippen molar-refractivity contribution < 1.29 is 34.8 Å². The van der Waals surface area contributed by atoms with E-state index in [1.807, 2.05) is 14.1 Å². The predicted molar refractivity (Wildman–Crippen MR) is 143 cm³/mol. The Morgan fingerprint density at radius 1 is 1.21 bits per heavy atom. The van der Waals surface area contributed by atoms with Crippen LogP contribution >= 0.6 is 0 Å². The summed E-state index contributed by atoms with van der Waals surface area (Å²) in [6.45, 7) is 3.61. The second-order valence-corrected chi connectivity index (χ2v) is 11.4. The molecule has 0 radical (unpaired) electrons. The first kappa shape index (κ1) is 27.2. The van der Waals surface area contributed by atoms with Gasteiger partial charge in [-0.1, -0.05) is 6.92 Å². The number of nitrogens with two attached hydrogens (primary N) is 1. The highest BCUT2D eigenvalue weighted by atomic mass is 16.3. The van der Waals surface area contributed by atoms with Gasteiger partial charge in [0.25, 0.3) is 5.91 Å². The van der Waals surface area contributed by atoms with Crippen LogP contribution in [-0.2, 0) is 16.0 Å². The lowest BCUT2D eigenvalue weighted by molar-refractivity contribution is -0.148. The zero-order chi connectivity index (χ0) is 28.7. The second-order valence-electron chi connectivity index (χ2n) is 11.4.